The predicted octanol–water partition coefficient (Wildman–Crippen LogP) is 6.92. The average Bonchev–Trinajstić information content (AvgIpc) is 2.90. The predicted molar refractivity (Wildman–Crippen MR) is 149 cm³/mol. The number of sulfonamides is 1. The minimum absolute atomic E-state index is 0.00912. The molecule has 0 aliphatic carbocycles. The van der Waals surface area contributed by atoms with Crippen molar-refractivity contribution in [1.29, 1.82) is 0 Å². The molecule has 0 aliphatic rings. The second-order valence-corrected chi connectivity index (χ2v) is 10.6. The summed E-state index contributed by atoms with van der Waals surface area (Å²) < 4.78 is 28.4. The standard InChI is InChI=1S/C29H22ClN3O3S/c1-19-13-15-20(16-14-19)28-18-24(23-9-2-4-11-26(23)32-28)29(34)31-21-7-6-8-22(17-21)37(35,36)33-27-12-5-3-10-25(27)30/h2-18,33H,1H3,(H,31,34). The number of hydrogen-bond donors (Lipinski definition) is 2. The molecule has 0 saturated heterocycles. The van der Waals surface area contributed by atoms with Gasteiger partial charge in [-0.2, -0.15) is 0 Å². The first-order valence-corrected chi connectivity index (χ1v) is 13.3. The number of amides is 1. The van der Waals surface area contributed by atoms with E-state index < -0.39 is 10.0 Å². The third-order valence-corrected chi connectivity index (χ3v) is 7.52. The van der Waals surface area contributed by atoms with Gasteiger partial charge in [0.1, 0.15) is 0 Å². The third kappa shape index (κ3) is 5.33. The Kier molecular flexibility index (Phi) is 6.65. The van der Waals surface area contributed by atoms with E-state index in [1.54, 1.807) is 42.5 Å². The number of para-hydroxylation sites is 2. The molecule has 0 bridgehead atoms. The summed E-state index contributed by atoms with van der Waals surface area (Å²) in [4.78, 5) is 18.2. The normalized spacial score (nSPS) is 11.3. The van der Waals surface area contributed by atoms with Crippen molar-refractivity contribution in [2.24, 2.45) is 0 Å². The van der Waals surface area contributed by atoms with Crippen LogP contribution in [0.2, 0.25) is 5.02 Å². The summed E-state index contributed by atoms with van der Waals surface area (Å²) in [6, 6.07) is 29.7. The summed E-state index contributed by atoms with van der Waals surface area (Å²) >= 11 is 6.11. The van der Waals surface area contributed by atoms with Gasteiger partial charge in [-0.1, -0.05) is 77.8 Å². The Morgan fingerprint density at radius 1 is 0.838 bits per heavy atom. The van der Waals surface area contributed by atoms with Gasteiger partial charge in [-0.25, -0.2) is 13.4 Å². The summed E-state index contributed by atoms with van der Waals surface area (Å²) in [6.07, 6.45) is 0. The molecule has 8 heteroatoms. The van der Waals surface area contributed by atoms with Crippen LogP contribution >= 0.6 is 11.6 Å². The molecule has 1 aromatic heterocycles. The summed E-state index contributed by atoms with van der Waals surface area (Å²) in [6.45, 7) is 2.01. The number of aromatic nitrogens is 1. The van der Waals surface area contributed by atoms with Gasteiger partial charge in [0, 0.05) is 16.6 Å². The molecule has 4 aromatic carbocycles. The molecule has 37 heavy (non-hydrogen) atoms. The topological polar surface area (TPSA) is 88.2 Å². The van der Waals surface area contributed by atoms with Gasteiger partial charge in [-0.05, 0) is 49.4 Å². The molecule has 184 valence electrons. The Labute approximate surface area is 220 Å². The second kappa shape index (κ2) is 10.0. The Balaban J connectivity index is 1.47. The molecule has 0 fully saturated rings. The smallest absolute Gasteiger partial charge is 0.262 e. The van der Waals surface area contributed by atoms with E-state index in [2.05, 4.69) is 10.0 Å². The summed E-state index contributed by atoms with van der Waals surface area (Å²) in [7, 11) is -3.94. The zero-order valence-corrected chi connectivity index (χ0v) is 21.3. The van der Waals surface area contributed by atoms with E-state index in [0.29, 0.717) is 27.8 Å². The molecular weight excluding hydrogens is 506 g/mol. The molecule has 1 heterocycles. The zero-order chi connectivity index (χ0) is 26.0. The molecule has 5 rings (SSSR count). The number of aryl methyl sites for hydroxylation is 1. The van der Waals surface area contributed by atoms with Gasteiger partial charge in [0.15, 0.2) is 0 Å². The van der Waals surface area contributed by atoms with Crippen molar-refractivity contribution in [3.05, 3.63) is 119 Å². The minimum atomic E-state index is -3.94. The molecular formula is C29H22ClN3O3S. The van der Waals surface area contributed by atoms with Gasteiger partial charge in [0.2, 0.25) is 0 Å². The first kappa shape index (κ1) is 24.5. The number of benzene rings is 4. The van der Waals surface area contributed by atoms with E-state index in [1.165, 1.54) is 12.1 Å². The van der Waals surface area contributed by atoms with Crippen molar-refractivity contribution in [2.45, 2.75) is 11.8 Å². The molecule has 0 atom stereocenters. The van der Waals surface area contributed by atoms with Crippen molar-refractivity contribution < 1.29 is 13.2 Å². The van der Waals surface area contributed by atoms with E-state index in [0.717, 1.165) is 11.1 Å². The fourth-order valence-corrected chi connectivity index (χ4v) is 5.29. The number of nitrogens with zero attached hydrogens (tertiary/aromatic N) is 1. The fraction of sp³-hybridized carbons (Fsp3) is 0.0345. The molecule has 0 radical (unpaired) electrons. The highest BCUT2D eigenvalue weighted by Crippen LogP contribution is 2.28. The van der Waals surface area contributed by atoms with Crippen LogP contribution in [0.5, 0.6) is 0 Å². The zero-order valence-electron chi connectivity index (χ0n) is 19.8. The van der Waals surface area contributed by atoms with Gasteiger partial charge in [-0.15, -0.1) is 0 Å². The van der Waals surface area contributed by atoms with Gasteiger partial charge >= 0.3 is 0 Å². The van der Waals surface area contributed by atoms with Gasteiger partial charge in [0.25, 0.3) is 15.9 Å². The highest BCUT2D eigenvalue weighted by Gasteiger charge is 2.18. The molecule has 0 aliphatic heterocycles. The number of halogens is 1. The number of nitrogens with one attached hydrogen (secondary N) is 2. The SMILES string of the molecule is Cc1ccc(-c2cc(C(=O)Nc3cccc(S(=O)(=O)Nc4ccccc4Cl)c3)c3ccccc3n2)cc1. The Morgan fingerprint density at radius 2 is 1.57 bits per heavy atom. The first-order chi connectivity index (χ1) is 17.8. The van der Waals surface area contributed by atoms with Crippen LogP contribution in [0, 0.1) is 6.92 Å². The molecule has 6 nitrogen and oxygen atoms in total. The van der Waals surface area contributed by atoms with Gasteiger partial charge in [-0.3, -0.25) is 9.52 Å². The van der Waals surface area contributed by atoms with Gasteiger partial charge in [0.05, 0.1) is 32.4 Å². The van der Waals surface area contributed by atoms with Gasteiger partial charge < -0.3 is 5.32 Å². The van der Waals surface area contributed by atoms with Crippen LogP contribution in [-0.4, -0.2) is 19.3 Å². The lowest BCUT2D eigenvalue weighted by atomic mass is 10.0. The largest absolute Gasteiger partial charge is 0.322 e. The maximum atomic E-state index is 13.4. The Bertz CT molecular complexity index is 1740. The number of carbonyl (C=O) groups is 1. The molecule has 0 saturated carbocycles. The van der Waals surface area contributed by atoms with Crippen molar-refractivity contribution in [3.8, 4) is 11.3 Å². The van der Waals surface area contributed by atoms with Crippen LogP contribution in [0.25, 0.3) is 22.2 Å². The van der Waals surface area contributed by atoms with E-state index in [4.69, 9.17) is 16.6 Å². The van der Waals surface area contributed by atoms with Crippen LogP contribution in [0.3, 0.4) is 0 Å². The third-order valence-electron chi connectivity index (χ3n) is 5.83. The van der Waals surface area contributed by atoms with E-state index >= 15 is 0 Å². The highest BCUT2D eigenvalue weighted by atomic mass is 35.5. The van der Waals surface area contributed by atoms with Crippen LogP contribution in [0.4, 0.5) is 11.4 Å². The van der Waals surface area contributed by atoms with Crippen LogP contribution in [0.15, 0.2) is 108 Å². The van der Waals surface area contributed by atoms with E-state index in [1.807, 2.05) is 55.5 Å². The number of pyridine rings is 1. The van der Waals surface area contributed by atoms with Crippen molar-refractivity contribution >= 4 is 49.8 Å². The molecule has 0 spiro atoms. The van der Waals surface area contributed by atoms with Crippen molar-refractivity contribution in [3.63, 3.8) is 0 Å². The second-order valence-electron chi connectivity index (χ2n) is 8.51. The van der Waals surface area contributed by atoms with Crippen LogP contribution in [0.1, 0.15) is 15.9 Å². The summed E-state index contributed by atoms with van der Waals surface area (Å²) in [5.74, 6) is -0.374. The number of anilines is 2. The van der Waals surface area contributed by atoms with Crippen LogP contribution < -0.4 is 10.0 Å². The Hall–Kier alpha value is -4.20. The lowest BCUT2D eigenvalue weighted by molar-refractivity contribution is 0.102. The molecule has 0 unspecified atom stereocenters. The lowest BCUT2D eigenvalue weighted by Crippen LogP contribution is -2.15. The van der Waals surface area contributed by atoms with E-state index in [9.17, 15) is 13.2 Å². The number of rotatable bonds is 6. The highest BCUT2D eigenvalue weighted by molar-refractivity contribution is 7.92. The molecule has 1 amide bonds. The Morgan fingerprint density at radius 3 is 2.35 bits per heavy atom. The monoisotopic (exact) mass is 527 g/mol. The number of fused-ring (bicyclic) bond motifs is 1. The quantitative estimate of drug-likeness (QED) is 0.251. The molecule has 2 N–H and O–H groups in total. The number of hydrogen-bond acceptors (Lipinski definition) is 4. The average molecular weight is 528 g/mol. The first-order valence-electron chi connectivity index (χ1n) is 11.5. The minimum Gasteiger partial charge on any atom is -0.322 e. The van der Waals surface area contributed by atoms with Crippen molar-refractivity contribution in [1.82, 2.24) is 4.98 Å². The summed E-state index contributed by atoms with van der Waals surface area (Å²) in [5, 5.41) is 3.82. The van der Waals surface area contributed by atoms with Crippen molar-refractivity contribution in [2.75, 3.05) is 10.0 Å². The van der Waals surface area contributed by atoms with Crippen LogP contribution in [-0.2, 0) is 10.0 Å². The number of carbonyl (C=O) groups excluding carboxylic acids is 1. The lowest BCUT2D eigenvalue weighted by Gasteiger charge is -2.13. The molecule has 5 aromatic rings. The van der Waals surface area contributed by atoms with E-state index in [-0.39, 0.29) is 21.5 Å². The summed E-state index contributed by atoms with van der Waals surface area (Å²) in [5.41, 5.74) is 4.42. The maximum absolute atomic E-state index is 13.4. The fourth-order valence-electron chi connectivity index (χ4n) is 3.92. The maximum Gasteiger partial charge on any atom is 0.262 e.